The molecule has 1 fully saturated rings. The van der Waals surface area contributed by atoms with E-state index in [-0.39, 0.29) is 17.6 Å². The van der Waals surface area contributed by atoms with Gasteiger partial charge in [-0.05, 0) is 49.6 Å². The van der Waals surface area contributed by atoms with Gasteiger partial charge in [-0.25, -0.2) is 4.39 Å². The molecule has 7 heteroatoms. The number of carbonyl (C=O) groups excluding carboxylic acids is 1. The second kappa shape index (κ2) is 12.7. The number of rotatable bonds is 11. The van der Waals surface area contributed by atoms with Gasteiger partial charge in [-0.3, -0.25) is 9.79 Å². The van der Waals surface area contributed by atoms with Gasteiger partial charge in [0.15, 0.2) is 5.96 Å². The van der Waals surface area contributed by atoms with Crippen LogP contribution in [0.25, 0.3) is 0 Å². The number of ether oxygens (including phenoxy) is 1. The van der Waals surface area contributed by atoms with E-state index in [2.05, 4.69) is 27.8 Å². The number of benzene rings is 2. The smallest absolute Gasteiger partial charge is 0.223 e. The van der Waals surface area contributed by atoms with Crippen molar-refractivity contribution in [1.82, 2.24) is 15.5 Å². The van der Waals surface area contributed by atoms with Gasteiger partial charge in [0.05, 0.1) is 6.61 Å². The minimum Gasteiger partial charge on any atom is -0.494 e. The molecule has 1 amide bonds. The van der Waals surface area contributed by atoms with Crippen LogP contribution in [0.5, 0.6) is 5.75 Å². The van der Waals surface area contributed by atoms with E-state index in [0.717, 1.165) is 38.4 Å². The fourth-order valence-electron chi connectivity index (χ4n) is 3.66. The first-order valence-corrected chi connectivity index (χ1v) is 11.4. The molecule has 3 rings (SSSR count). The summed E-state index contributed by atoms with van der Waals surface area (Å²) in [4.78, 5) is 19.0. The number of likely N-dealkylation sites (tertiary alicyclic amines) is 1. The van der Waals surface area contributed by atoms with E-state index < -0.39 is 0 Å². The molecule has 172 valence electrons. The Bertz CT molecular complexity index is 858. The minimum atomic E-state index is -0.270. The van der Waals surface area contributed by atoms with E-state index in [1.54, 1.807) is 12.1 Å². The Balaban J connectivity index is 1.37. The Morgan fingerprint density at radius 1 is 1.16 bits per heavy atom. The number of guanidine groups is 1. The largest absolute Gasteiger partial charge is 0.494 e. The van der Waals surface area contributed by atoms with Crippen LogP contribution in [0.1, 0.15) is 25.3 Å². The van der Waals surface area contributed by atoms with Crippen molar-refractivity contribution in [3.05, 3.63) is 66.0 Å². The highest BCUT2D eigenvalue weighted by Gasteiger charge is 2.28. The molecule has 1 unspecified atom stereocenters. The second-order valence-corrected chi connectivity index (χ2v) is 7.95. The predicted octanol–water partition coefficient (Wildman–Crippen LogP) is 3.24. The third-order valence-corrected chi connectivity index (χ3v) is 5.36. The molecule has 0 saturated carbocycles. The predicted molar refractivity (Wildman–Crippen MR) is 125 cm³/mol. The minimum absolute atomic E-state index is 0.219. The second-order valence-electron chi connectivity index (χ2n) is 7.95. The van der Waals surface area contributed by atoms with Gasteiger partial charge < -0.3 is 20.3 Å². The molecule has 0 bridgehead atoms. The van der Waals surface area contributed by atoms with Gasteiger partial charge in [-0.1, -0.05) is 30.3 Å². The van der Waals surface area contributed by atoms with Crippen LogP contribution >= 0.6 is 0 Å². The van der Waals surface area contributed by atoms with Crippen LogP contribution in [0.15, 0.2) is 59.6 Å². The fraction of sp³-hybridized carbons (Fsp3) is 0.440. The molecule has 6 nitrogen and oxygen atoms in total. The summed E-state index contributed by atoms with van der Waals surface area (Å²) in [5.41, 5.74) is 1.25. The van der Waals surface area contributed by atoms with Crippen molar-refractivity contribution in [1.29, 1.82) is 0 Å². The summed E-state index contributed by atoms with van der Waals surface area (Å²) in [6.45, 7) is 6.18. The average molecular weight is 441 g/mol. The highest BCUT2D eigenvalue weighted by Crippen LogP contribution is 2.18. The average Bonchev–Trinajstić information content (AvgIpc) is 3.17. The molecule has 0 aromatic heterocycles. The number of carbonyl (C=O) groups is 1. The van der Waals surface area contributed by atoms with Gasteiger partial charge in [0, 0.05) is 45.1 Å². The maximum atomic E-state index is 12.9. The number of hydrogen-bond donors (Lipinski definition) is 2. The van der Waals surface area contributed by atoms with Crippen LogP contribution in [-0.4, -0.2) is 56.1 Å². The van der Waals surface area contributed by atoms with Crippen LogP contribution in [0.4, 0.5) is 4.39 Å². The maximum absolute atomic E-state index is 12.9. The van der Waals surface area contributed by atoms with E-state index in [1.165, 1.54) is 17.7 Å². The lowest BCUT2D eigenvalue weighted by atomic mass is 10.1. The summed E-state index contributed by atoms with van der Waals surface area (Å²) in [6.07, 6.45) is 2.23. The monoisotopic (exact) mass is 440 g/mol. The third kappa shape index (κ3) is 7.87. The summed E-state index contributed by atoms with van der Waals surface area (Å²) in [5, 5.41) is 6.56. The lowest BCUT2D eigenvalue weighted by Crippen LogP contribution is -2.38. The van der Waals surface area contributed by atoms with Crippen molar-refractivity contribution in [2.75, 3.05) is 39.3 Å². The molecule has 2 aromatic rings. The number of amides is 1. The molecule has 0 spiro atoms. The Kier molecular flexibility index (Phi) is 9.35. The van der Waals surface area contributed by atoms with Crippen LogP contribution in [0.2, 0.25) is 0 Å². The molecule has 0 radical (unpaired) electrons. The van der Waals surface area contributed by atoms with E-state index in [1.807, 2.05) is 30.0 Å². The number of nitrogens with zero attached hydrogens (tertiary/aromatic N) is 2. The molecule has 1 aliphatic rings. The Morgan fingerprint density at radius 3 is 2.69 bits per heavy atom. The summed E-state index contributed by atoms with van der Waals surface area (Å²) in [6, 6.07) is 16.3. The van der Waals surface area contributed by atoms with E-state index in [9.17, 15) is 9.18 Å². The first-order valence-electron chi connectivity index (χ1n) is 11.4. The van der Waals surface area contributed by atoms with Crippen molar-refractivity contribution < 1.29 is 13.9 Å². The van der Waals surface area contributed by atoms with Crippen LogP contribution in [0, 0.1) is 11.7 Å². The Morgan fingerprint density at radius 2 is 1.94 bits per heavy atom. The molecule has 2 aromatic carbocycles. The van der Waals surface area contributed by atoms with Crippen molar-refractivity contribution in [2.24, 2.45) is 10.9 Å². The van der Waals surface area contributed by atoms with E-state index >= 15 is 0 Å². The van der Waals surface area contributed by atoms with Crippen LogP contribution in [-0.2, 0) is 11.2 Å². The van der Waals surface area contributed by atoms with Crippen molar-refractivity contribution in [2.45, 2.75) is 26.2 Å². The summed E-state index contributed by atoms with van der Waals surface area (Å²) < 4.78 is 18.5. The van der Waals surface area contributed by atoms with E-state index in [0.29, 0.717) is 31.9 Å². The van der Waals surface area contributed by atoms with Gasteiger partial charge >= 0.3 is 0 Å². The standard InChI is InChI=1S/C25H33FN4O2/c1-2-27-25(28-14-6-16-32-23-11-9-22(26)10-12-23)29-18-21-17-24(31)30(19-21)15-13-20-7-4-3-5-8-20/h3-5,7-12,21H,2,6,13-19H2,1H3,(H2,27,28,29). The summed E-state index contributed by atoms with van der Waals surface area (Å²) in [5.74, 6) is 1.61. The molecular formula is C25H33FN4O2. The van der Waals surface area contributed by atoms with Crippen LogP contribution in [0.3, 0.4) is 0 Å². The van der Waals surface area contributed by atoms with E-state index in [4.69, 9.17) is 4.74 Å². The van der Waals surface area contributed by atoms with Crippen molar-refractivity contribution in [3.63, 3.8) is 0 Å². The highest BCUT2D eigenvalue weighted by atomic mass is 19.1. The molecule has 1 atom stereocenters. The zero-order chi connectivity index (χ0) is 22.6. The third-order valence-electron chi connectivity index (χ3n) is 5.36. The van der Waals surface area contributed by atoms with Crippen molar-refractivity contribution >= 4 is 11.9 Å². The number of nitrogens with one attached hydrogen (secondary N) is 2. The normalized spacial score (nSPS) is 16.3. The summed E-state index contributed by atoms with van der Waals surface area (Å²) >= 11 is 0. The van der Waals surface area contributed by atoms with Crippen molar-refractivity contribution in [3.8, 4) is 5.75 Å². The maximum Gasteiger partial charge on any atom is 0.223 e. The Hall–Kier alpha value is -3.09. The SMILES string of the molecule is CCNC(=NCC1CC(=O)N(CCc2ccccc2)C1)NCCCOc1ccc(F)cc1. The number of hydrogen-bond acceptors (Lipinski definition) is 3. The lowest BCUT2D eigenvalue weighted by Gasteiger charge is -2.16. The quantitative estimate of drug-likeness (QED) is 0.320. The van der Waals surface area contributed by atoms with Crippen LogP contribution < -0.4 is 15.4 Å². The topological polar surface area (TPSA) is 66.0 Å². The molecule has 1 saturated heterocycles. The Labute approximate surface area is 189 Å². The number of halogens is 1. The van der Waals surface area contributed by atoms with Gasteiger partial charge in [0.2, 0.25) is 5.91 Å². The first kappa shape index (κ1) is 23.6. The highest BCUT2D eigenvalue weighted by molar-refractivity contribution is 5.80. The van der Waals surface area contributed by atoms with Gasteiger partial charge in [0.1, 0.15) is 11.6 Å². The first-order chi connectivity index (χ1) is 15.6. The van der Waals surface area contributed by atoms with Gasteiger partial charge in [-0.15, -0.1) is 0 Å². The molecule has 1 heterocycles. The molecule has 1 aliphatic heterocycles. The molecule has 2 N–H and O–H groups in total. The molecule has 32 heavy (non-hydrogen) atoms. The van der Waals surface area contributed by atoms with Gasteiger partial charge in [-0.2, -0.15) is 0 Å². The van der Waals surface area contributed by atoms with Gasteiger partial charge in [0.25, 0.3) is 0 Å². The zero-order valence-electron chi connectivity index (χ0n) is 18.7. The lowest BCUT2D eigenvalue weighted by molar-refractivity contribution is -0.127. The summed E-state index contributed by atoms with van der Waals surface area (Å²) in [7, 11) is 0. The zero-order valence-corrected chi connectivity index (χ0v) is 18.7. The number of aliphatic imine (C=N–C) groups is 1. The fourth-order valence-corrected chi connectivity index (χ4v) is 3.66. The molecular weight excluding hydrogens is 407 g/mol. The molecule has 0 aliphatic carbocycles.